The second-order valence-corrected chi connectivity index (χ2v) is 8.77. The van der Waals surface area contributed by atoms with Crippen molar-refractivity contribution in [3.05, 3.63) is 75.3 Å². The summed E-state index contributed by atoms with van der Waals surface area (Å²) in [5.74, 6) is 0.0493. The molecule has 2 aromatic carbocycles. The van der Waals surface area contributed by atoms with Crippen LogP contribution in [0.15, 0.2) is 64.2 Å². The van der Waals surface area contributed by atoms with Crippen LogP contribution in [0, 0.1) is 15.5 Å². The Morgan fingerprint density at radius 1 is 1.12 bits per heavy atom. The van der Waals surface area contributed by atoms with Crippen LogP contribution in [0.4, 0.5) is 5.69 Å². The Morgan fingerprint density at radius 3 is 2.59 bits per heavy atom. The number of benzene rings is 2. The second kappa shape index (κ2) is 9.10. The Kier molecular flexibility index (Phi) is 5.84. The number of carbonyl (C=O) groups excluding carboxylic acids is 1. The molecule has 0 radical (unpaired) electrons. The number of ether oxygens (including phenoxy) is 1. The van der Waals surface area contributed by atoms with Gasteiger partial charge in [0.25, 0.3) is 11.6 Å². The molecule has 1 amide bonds. The number of likely N-dealkylation sites (tertiary alicyclic amines) is 1. The maximum Gasteiger partial charge on any atom is 0.283 e. The van der Waals surface area contributed by atoms with E-state index in [1.165, 1.54) is 22.8 Å². The molecule has 11 heteroatoms. The molecule has 1 fully saturated rings. The first-order valence-electron chi connectivity index (χ1n) is 10.7. The average Bonchev–Trinajstić information content (AvgIpc) is 3.51. The van der Waals surface area contributed by atoms with Crippen LogP contribution in [0.2, 0.25) is 0 Å². The molecule has 5 rings (SSSR count). The quantitative estimate of drug-likeness (QED) is 0.395. The van der Waals surface area contributed by atoms with E-state index >= 15 is 0 Å². The highest BCUT2D eigenvalue weighted by atomic mass is 32.2. The van der Waals surface area contributed by atoms with Crippen LogP contribution in [0.1, 0.15) is 24.0 Å². The van der Waals surface area contributed by atoms with Crippen LogP contribution >= 0.6 is 11.8 Å². The third-order valence-electron chi connectivity index (χ3n) is 5.59. The standard InChI is InChI=1S/C23H20N6O4S/c24-20-18(21(30)25-22-28(20)26-23(34-22)27-11-3-4-12-27)13-15-7-9-17(10-8-15)33-14-16-5-1-2-6-19(16)29(31)32/h1-2,5-10,13,24H,3-4,11-12,14H2/b18-13+,24-20?. The molecular formula is C23H20N6O4S. The minimum atomic E-state index is -0.474. The molecule has 0 bridgehead atoms. The number of thioether (sulfide) groups is 1. The lowest BCUT2D eigenvalue weighted by Gasteiger charge is -2.20. The molecule has 10 nitrogen and oxygen atoms in total. The fourth-order valence-corrected chi connectivity index (χ4v) is 4.76. The van der Waals surface area contributed by atoms with Crippen LogP contribution in [-0.2, 0) is 11.4 Å². The number of para-hydroxylation sites is 1. The summed E-state index contributed by atoms with van der Waals surface area (Å²) < 4.78 is 5.70. The monoisotopic (exact) mass is 476 g/mol. The van der Waals surface area contributed by atoms with Crippen molar-refractivity contribution in [3.8, 4) is 5.75 Å². The van der Waals surface area contributed by atoms with E-state index < -0.39 is 10.8 Å². The number of carbonyl (C=O) groups is 1. The number of hydrazone groups is 1. The number of hydrogen-bond acceptors (Lipinski definition) is 8. The molecule has 172 valence electrons. The Hall–Kier alpha value is -3.99. The number of hydrogen-bond donors (Lipinski definition) is 1. The van der Waals surface area contributed by atoms with Gasteiger partial charge >= 0.3 is 0 Å². The van der Waals surface area contributed by atoms with Crippen LogP contribution in [-0.4, -0.2) is 50.0 Å². The van der Waals surface area contributed by atoms with Crippen molar-refractivity contribution in [2.45, 2.75) is 19.4 Å². The minimum absolute atomic E-state index is 0.00610. The maximum absolute atomic E-state index is 12.6. The van der Waals surface area contributed by atoms with E-state index in [1.54, 1.807) is 48.5 Å². The Morgan fingerprint density at radius 2 is 1.85 bits per heavy atom. The van der Waals surface area contributed by atoms with Gasteiger partial charge in [-0.2, -0.15) is 10.0 Å². The molecule has 1 N–H and O–H groups in total. The molecule has 34 heavy (non-hydrogen) atoms. The summed E-state index contributed by atoms with van der Waals surface area (Å²) in [4.78, 5) is 29.6. The lowest BCUT2D eigenvalue weighted by molar-refractivity contribution is -0.385. The normalized spacial score (nSPS) is 18.8. The van der Waals surface area contributed by atoms with E-state index in [4.69, 9.17) is 10.1 Å². The SMILES string of the molecule is N=C1/C(=C\c2ccc(OCc3ccccc3[N+](=O)[O-])cc2)C(=O)N=C2SC(N3CCCC3)=NN12. The van der Waals surface area contributed by atoms with Crippen molar-refractivity contribution in [1.29, 1.82) is 5.41 Å². The summed E-state index contributed by atoms with van der Waals surface area (Å²) >= 11 is 1.32. The summed E-state index contributed by atoms with van der Waals surface area (Å²) in [5.41, 5.74) is 1.34. The largest absolute Gasteiger partial charge is 0.489 e. The molecule has 0 spiro atoms. The summed E-state index contributed by atoms with van der Waals surface area (Å²) in [6, 6.07) is 13.3. The predicted octanol–water partition coefficient (Wildman–Crippen LogP) is 3.85. The smallest absolute Gasteiger partial charge is 0.283 e. The van der Waals surface area contributed by atoms with Gasteiger partial charge in [0.05, 0.1) is 16.1 Å². The first-order valence-corrected chi connectivity index (χ1v) is 11.5. The number of fused-ring (bicyclic) bond motifs is 1. The lowest BCUT2D eigenvalue weighted by Crippen LogP contribution is -2.35. The fraction of sp³-hybridized carbons (Fsp3) is 0.217. The Balaban J connectivity index is 1.29. The van der Waals surface area contributed by atoms with Crippen molar-refractivity contribution >= 4 is 45.6 Å². The zero-order valence-corrected chi connectivity index (χ0v) is 18.8. The topological polar surface area (TPSA) is 124 Å². The van der Waals surface area contributed by atoms with Crippen molar-refractivity contribution in [2.75, 3.05) is 13.1 Å². The van der Waals surface area contributed by atoms with E-state index in [-0.39, 0.29) is 23.7 Å². The highest BCUT2D eigenvalue weighted by Crippen LogP contribution is 2.31. The molecule has 0 atom stereocenters. The summed E-state index contributed by atoms with van der Waals surface area (Å²) in [6.07, 6.45) is 3.82. The van der Waals surface area contributed by atoms with Crippen molar-refractivity contribution in [2.24, 2.45) is 10.1 Å². The summed E-state index contributed by atoms with van der Waals surface area (Å²) in [5, 5.41) is 26.8. The van der Waals surface area contributed by atoms with Gasteiger partial charge in [-0.25, -0.2) is 0 Å². The zero-order valence-electron chi connectivity index (χ0n) is 18.0. The number of nitrogens with zero attached hydrogens (tertiary/aromatic N) is 5. The average molecular weight is 477 g/mol. The molecule has 3 aliphatic rings. The van der Waals surface area contributed by atoms with Gasteiger partial charge in [-0.3, -0.25) is 20.3 Å². The van der Waals surface area contributed by atoms with Gasteiger partial charge in [-0.15, -0.1) is 5.10 Å². The molecular weight excluding hydrogens is 456 g/mol. The van der Waals surface area contributed by atoms with E-state index in [0.29, 0.717) is 22.0 Å². The van der Waals surface area contributed by atoms with Gasteiger partial charge in [0, 0.05) is 19.2 Å². The number of rotatable bonds is 5. The number of nitro benzene ring substituents is 1. The Labute approximate surface area is 199 Å². The number of amides is 1. The Bertz CT molecular complexity index is 1260. The van der Waals surface area contributed by atoms with Crippen LogP contribution in [0.3, 0.4) is 0 Å². The van der Waals surface area contributed by atoms with Gasteiger partial charge < -0.3 is 9.64 Å². The van der Waals surface area contributed by atoms with Gasteiger partial charge in [-0.1, -0.05) is 24.3 Å². The third-order valence-corrected chi connectivity index (χ3v) is 6.56. The van der Waals surface area contributed by atoms with E-state index in [9.17, 15) is 14.9 Å². The highest BCUT2D eigenvalue weighted by molar-refractivity contribution is 8.26. The molecule has 3 heterocycles. The predicted molar refractivity (Wildman–Crippen MR) is 130 cm³/mol. The van der Waals surface area contributed by atoms with E-state index in [1.807, 2.05) is 0 Å². The first-order chi connectivity index (χ1) is 16.5. The minimum Gasteiger partial charge on any atom is -0.489 e. The number of nitro groups is 1. The molecule has 0 unspecified atom stereocenters. The van der Waals surface area contributed by atoms with Crippen LogP contribution in [0.25, 0.3) is 6.08 Å². The second-order valence-electron chi connectivity index (χ2n) is 7.84. The molecule has 0 aliphatic carbocycles. The number of nitrogens with one attached hydrogen (secondary N) is 1. The van der Waals surface area contributed by atoms with Crippen molar-refractivity contribution in [1.82, 2.24) is 9.91 Å². The molecule has 3 aliphatic heterocycles. The van der Waals surface area contributed by atoms with Gasteiger partial charge in [0.1, 0.15) is 12.4 Å². The van der Waals surface area contributed by atoms with Crippen molar-refractivity contribution in [3.63, 3.8) is 0 Å². The van der Waals surface area contributed by atoms with Crippen LogP contribution < -0.4 is 4.74 Å². The fourth-order valence-electron chi connectivity index (χ4n) is 3.82. The lowest BCUT2D eigenvalue weighted by atomic mass is 10.1. The van der Waals surface area contributed by atoms with Crippen LogP contribution in [0.5, 0.6) is 5.75 Å². The zero-order chi connectivity index (χ0) is 23.7. The summed E-state index contributed by atoms with van der Waals surface area (Å²) in [6.45, 7) is 1.90. The first kappa shape index (κ1) is 21.8. The number of amidine groups is 3. The van der Waals surface area contributed by atoms with Gasteiger partial charge in [0.15, 0.2) is 11.0 Å². The molecule has 0 aromatic heterocycles. The van der Waals surface area contributed by atoms with Gasteiger partial charge in [0.2, 0.25) is 5.17 Å². The third kappa shape index (κ3) is 4.29. The van der Waals surface area contributed by atoms with Crippen molar-refractivity contribution < 1.29 is 14.5 Å². The number of aliphatic imine (C=N–C) groups is 1. The summed E-state index contributed by atoms with van der Waals surface area (Å²) in [7, 11) is 0. The molecule has 1 saturated heterocycles. The van der Waals surface area contributed by atoms with Gasteiger partial charge in [-0.05, 0) is 54.4 Å². The maximum atomic E-state index is 12.6. The van der Waals surface area contributed by atoms with E-state index in [2.05, 4.69) is 15.0 Å². The molecule has 2 aromatic rings. The highest BCUT2D eigenvalue weighted by Gasteiger charge is 2.37. The van der Waals surface area contributed by atoms with E-state index in [0.717, 1.165) is 31.1 Å². The molecule has 0 saturated carbocycles.